The number of aromatic nitrogens is 2. The lowest BCUT2D eigenvalue weighted by molar-refractivity contribution is 0.445. The molecule has 1 aromatic rings. The average Bonchev–Trinajstić information content (AvgIpc) is 2.77. The zero-order valence-corrected chi connectivity index (χ0v) is 11.1. The van der Waals surface area contributed by atoms with Crippen LogP contribution in [0.4, 0.5) is 5.82 Å². The van der Waals surface area contributed by atoms with Crippen molar-refractivity contribution in [2.75, 3.05) is 19.3 Å². The molecule has 0 aliphatic heterocycles. The first kappa shape index (κ1) is 12.4. The first-order chi connectivity index (χ1) is 7.82. The molecule has 2 rings (SSSR count). The molecule has 2 N–H and O–H groups in total. The second kappa shape index (κ2) is 3.99. The van der Waals surface area contributed by atoms with E-state index in [4.69, 9.17) is 5.73 Å². The maximum Gasteiger partial charge on any atom is 0.248 e. The molecule has 96 valence electrons. The summed E-state index contributed by atoms with van der Waals surface area (Å²) in [7, 11) is -0.261. The van der Waals surface area contributed by atoms with Gasteiger partial charge in [0.25, 0.3) is 0 Å². The van der Waals surface area contributed by atoms with Crippen molar-refractivity contribution in [2.24, 2.45) is 18.9 Å². The highest BCUT2D eigenvalue weighted by Crippen LogP contribution is 2.38. The Balaban J connectivity index is 2.20. The standard InChI is InChI=1S/C10H18N4O2S/c1-7-4-8(7)5-14(3)17(15,16)9-6-13(2)12-10(9)11/h6-8H,4-5H2,1-3H3,(H2,11,12). The maximum absolute atomic E-state index is 12.2. The number of hydrogen-bond donors (Lipinski definition) is 1. The molecule has 1 fully saturated rings. The van der Waals surface area contributed by atoms with Gasteiger partial charge in [-0.2, -0.15) is 5.10 Å². The molecule has 0 bridgehead atoms. The van der Waals surface area contributed by atoms with Crippen LogP contribution < -0.4 is 5.73 Å². The van der Waals surface area contributed by atoms with Crippen LogP contribution in [0.2, 0.25) is 0 Å². The Kier molecular flexibility index (Phi) is 2.90. The summed E-state index contributed by atoms with van der Waals surface area (Å²) in [5.74, 6) is 1.16. The molecule has 0 saturated heterocycles. The Bertz CT molecular complexity index is 522. The minimum atomic E-state index is -3.50. The molecule has 0 radical (unpaired) electrons. The number of anilines is 1. The van der Waals surface area contributed by atoms with Gasteiger partial charge in [-0.3, -0.25) is 4.68 Å². The molecular formula is C10H18N4O2S. The summed E-state index contributed by atoms with van der Waals surface area (Å²) in [4.78, 5) is 0.0933. The minimum absolute atomic E-state index is 0.0585. The van der Waals surface area contributed by atoms with Gasteiger partial charge in [0, 0.05) is 26.8 Å². The normalized spacial score (nSPS) is 24.2. The number of nitrogens with zero attached hydrogens (tertiary/aromatic N) is 3. The van der Waals surface area contributed by atoms with Crippen LogP contribution in [0.3, 0.4) is 0 Å². The fraction of sp³-hybridized carbons (Fsp3) is 0.700. The number of nitrogens with two attached hydrogens (primary N) is 1. The second-order valence-electron chi connectivity index (χ2n) is 4.81. The summed E-state index contributed by atoms with van der Waals surface area (Å²) in [6.07, 6.45) is 2.54. The smallest absolute Gasteiger partial charge is 0.248 e. The number of sulfonamides is 1. The zero-order valence-electron chi connectivity index (χ0n) is 10.3. The van der Waals surface area contributed by atoms with Crippen molar-refractivity contribution in [1.82, 2.24) is 14.1 Å². The van der Waals surface area contributed by atoms with Gasteiger partial charge in [-0.25, -0.2) is 12.7 Å². The van der Waals surface area contributed by atoms with Gasteiger partial charge in [0.2, 0.25) is 10.0 Å². The van der Waals surface area contributed by atoms with Crippen LogP contribution >= 0.6 is 0 Å². The van der Waals surface area contributed by atoms with Gasteiger partial charge < -0.3 is 5.73 Å². The van der Waals surface area contributed by atoms with E-state index in [2.05, 4.69) is 12.0 Å². The molecule has 0 amide bonds. The highest BCUT2D eigenvalue weighted by molar-refractivity contribution is 7.89. The van der Waals surface area contributed by atoms with Crippen LogP contribution in [-0.4, -0.2) is 36.1 Å². The molecule has 1 aliphatic carbocycles. The minimum Gasteiger partial charge on any atom is -0.381 e. The zero-order chi connectivity index (χ0) is 12.8. The van der Waals surface area contributed by atoms with Crippen LogP contribution in [0.5, 0.6) is 0 Å². The third kappa shape index (κ3) is 2.30. The van der Waals surface area contributed by atoms with E-state index in [0.717, 1.165) is 6.42 Å². The number of aryl methyl sites for hydroxylation is 1. The van der Waals surface area contributed by atoms with Crippen molar-refractivity contribution in [3.63, 3.8) is 0 Å². The summed E-state index contributed by atoms with van der Waals surface area (Å²) in [5, 5.41) is 3.86. The van der Waals surface area contributed by atoms with Crippen LogP contribution in [0.15, 0.2) is 11.1 Å². The molecule has 17 heavy (non-hydrogen) atoms. The Morgan fingerprint density at radius 1 is 1.65 bits per heavy atom. The van der Waals surface area contributed by atoms with Crippen LogP contribution in [0.25, 0.3) is 0 Å². The Morgan fingerprint density at radius 3 is 2.65 bits per heavy atom. The van der Waals surface area contributed by atoms with E-state index in [0.29, 0.717) is 18.4 Å². The second-order valence-corrected chi connectivity index (χ2v) is 6.82. The third-order valence-corrected chi connectivity index (χ3v) is 5.12. The van der Waals surface area contributed by atoms with Gasteiger partial charge in [-0.15, -0.1) is 0 Å². The van der Waals surface area contributed by atoms with Crippen molar-refractivity contribution in [2.45, 2.75) is 18.2 Å². The summed E-state index contributed by atoms with van der Waals surface area (Å²) in [5.41, 5.74) is 5.60. The molecule has 7 heteroatoms. The van der Waals surface area contributed by atoms with E-state index in [1.165, 1.54) is 15.2 Å². The van der Waals surface area contributed by atoms with Gasteiger partial charge in [-0.05, 0) is 18.3 Å². The molecule has 2 unspecified atom stereocenters. The van der Waals surface area contributed by atoms with Crippen molar-refractivity contribution in [3.8, 4) is 0 Å². The predicted molar refractivity (Wildman–Crippen MR) is 64.7 cm³/mol. The number of rotatable bonds is 4. The lowest BCUT2D eigenvalue weighted by Crippen LogP contribution is -2.29. The molecule has 1 heterocycles. The van der Waals surface area contributed by atoms with E-state index in [1.807, 2.05) is 0 Å². The van der Waals surface area contributed by atoms with Gasteiger partial charge in [0.15, 0.2) is 5.82 Å². The predicted octanol–water partition coefficient (Wildman–Crippen LogP) is 0.279. The molecule has 1 saturated carbocycles. The molecule has 1 aromatic heterocycles. The largest absolute Gasteiger partial charge is 0.381 e. The van der Waals surface area contributed by atoms with E-state index < -0.39 is 10.0 Å². The lowest BCUT2D eigenvalue weighted by Gasteiger charge is -2.16. The average molecular weight is 258 g/mol. The highest BCUT2D eigenvalue weighted by atomic mass is 32.2. The van der Waals surface area contributed by atoms with E-state index in [1.54, 1.807) is 14.1 Å². The van der Waals surface area contributed by atoms with Crippen molar-refractivity contribution < 1.29 is 8.42 Å². The van der Waals surface area contributed by atoms with Crippen molar-refractivity contribution in [3.05, 3.63) is 6.20 Å². The molecular weight excluding hydrogens is 240 g/mol. The van der Waals surface area contributed by atoms with Crippen LogP contribution in [-0.2, 0) is 17.1 Å². The first-order valence-corrected chi connectivity index (χ1v) is 7.02. The number of hydrogen-bond acceptors (Lipinski definition) is 4. The number of nitrogen functional groups attached to an aromatic ring is 1. The monoisotopic (exact) mass is 258 g/mol. The van der Waals surface area contributed by atoms with Crippen LogP contribution in [0.1, 0.15) is 13.3 Å². The molecule has 1 aliphatic rings. The molecule has 2 atom stereocenters. The fourth-order valence-electron chi connectivity index (χ4n) is 1.93. The van der Waals surface area contributed by atoms with Gasteiger partial charge in [0.05, 0.1) is 0 Å². The topological polar surface area (TPSA) is 81.2 Å². The lowest BCUT2D eigenvalue weighted by atomic mass is 10.3. The van der Waals surface area contributed by atoms with Crippen molar-refractivity contribution >= 4 is 15.8 Å². The quantitative estimate of drug-likeness (QED) is 0.841. The molecule has 0 spiro atoms. The molecule has 0 aromatic carbocycles. The van der Waals surface area contributed by atoms with E-state index in [-0.39, 0.29) is 10.7 Å². The van der Waals surface area contributed by atoms with Gasteiger partial charge >= 0.3 is 0 Å². The first-order valence-electron chi connectivity index (χ1n) is 5.58. The third-order valence-electron chi connectivity index (χ3n) is 3.28. The van der Waals surface area contributed by atoms with E-state index >= 15 is 0 Å². The fourth-order valence-corrected chi connectivity index (χ4v) is 3.25. The summed E-state index contributed by atoms with van der Waals surface area (Å²) >= 11 is 0. The van der Waals surface area contributed by atoms with Gasteiger partial charge in [0.1, 0.15) is 4.90 Å². The summed E-state index contributed by atoms with van der Waals surface area (Å²) in [6, 6.07) is 0. The van der Waals surface area contributed by atoms with Gasteiger partial charge in [-0.1, -0.05) is 6.92 Å². The van der Waals surface area contributed by atoms with Crippen molar-refractivity contribution in [1.29, 1.82) is 0 Å². The van der Waals surface area contributed by atoms with Crippen LogP contribution in [0, 0.1) is 11.8 Å². The SMILES string of the molecule is CC1CC1CN(C)S(=O)(=O)c1cn(C)nc1N. The van der Waals surface area contributed by atoms with E-state index in [9.17, 15) is 8.42 Å². The maximum atomic E-state index is 12.2. The highest BCUT2D eigenvalue weighted by Gasteiger charge is 2.37. The Labute approximate surface area is 101 Å². The molecule has 6 nitrogen and oxygen atoms in total. The summed E-state index contributed by atoms with van der Waals surface area (Å²) in [6.45, 7) is 2.68. The Morgan fingerprint density at radius 2 is 2.24 bits per heavy atom. The summed E-state index contributed by atoms with van der Waals surface area (Å²) < 4.78 is 27.2. The Hall–Kier alpha value is -1.08.